The van der Waals surface area contributed by atoms with Gasteiger partial charge in [-0.3, -0.25) is 4.79 Å². The number of carbonyl (C=O) groups is 1. The van der Waals surface area contributed by atoms with E-state index >= 15 is 0 Å². The summed E-state index contributed by atoms with van der Waals surface area (Å²) in [6.07, 6.45) is 5.04. The molecule has 0 bridgehead atoms. The van der Waals surface area contributed by atoms with Crippen molar-refractivity contribution in [2.45, 2.75) is 52.1 Å². The second-order valence-electron chi connectivity index (χ2n) is 8.35. The summed E-state index contributed by atoms with van der Waals surface area (Å²) < 4.78 is 16.1. The van der Waals surface area contributed by atoms with E-state index in [2.05, 4.69) is 24.0 Å². The third-order valence-electron chi connectivity index (χ3n) is 6.41. The highest BCUT2D eigenvalue weighted by Gasteiger charge is 2.35. The number of rotatable bonds is 7. The lowest BCUT2D eigenvalue weighted by molar-refractivity contribution is -0.136. The zero-order valence-corrected chi connectivity index (χ0v) is 18.3. The van der Waals surface area contributed by atoms with Gasteiger partial charge in [0.05, 0.1) is 19.9 Å². The Hall–Kier alpha value is -3.09. The molecule has 0 spiro atoms. The summed E-state index contributed by atoms with van der Waals surface area (Å²) in [6, 6.07) is 11.3. The van der Waals surface area contributed by atoms with Gasteiger partial charge in [-0.15, -0.1) is 0 Å². The molecule has 0 unspecified atom stereocenters. The highest BCUT2D eigenvalue weighted by molar-refractivity contribution is 5.78. The summed E-state index contributed by atoms with van der Waals surface area (Å²) in [5.74, 6) is 3.29. The van der Waals surface area contributed by atoms with Crippen molar-refractivity contribution in [2.75, 3.05) is 7.11 Å². The molecule has 0 aliphatic heterocycles. The summed E-state index contributed by atoms with van der Waals surface area (Å²) in [5.41, 5.74) is 0.811. The van der Waals surface area contributed by atoms with Gasteiger partial charge >= 0.3 is 0 Å². The third kappa shape index (κ3) is 4.81. The fraction of sp³-hybridized carbons (Fsp3) is 0.458. The number of hydrogen-bond donors (Lipinski definition) is 0. The van der Waals surface area contributed by atoms with Crippen molar-refractivity contribution in [3.05, 3.63) is 54.3 Å². The predicted molar refractivity (Wildman–Crippen MR) is 115 cm³/mol. The Bertz CT molecular complexity index is 981. The Kier molecular flexibility index (Phi) is 6.39. The Balaban J connectivity index is 1.51. The maximum absolute atomic E-state index is 13.4. The van der Waals surface area contributed by atoms with Crippen LogP contribution < -0.4 is 4.74 Å². The number of furan rings is 1. The molecule has 4 rings (SSSR count). The molecule has 164 valence electrons. The standard InChI is InChI=1S/C24H29N3O4/c1-16-6-4-8-21(17(16)2)27(15-20-7-5-13-30-20)23(28)14-22-25-24(26-31-22)18-9-11-19(29-3)12-10-18/h5,7,9-13,16-17,21H,4,6,8,14-15H2,1-3H3/t16-,17+,21+/m0/s1. The second-order valence-corrected chi connectivity index (χ2v) is 8.35. The smallest absolute Gasteiger partial charge is 0.236 e. The van der Waals surface area contributed by atoms with Gasteiger partial charge in [0.15, 0.2) is 0 Å². The fourth-order valence-corrected chi connectivity index (χ4v) is 4.37. The lowest BCUT2D eigenvalue weighted by Gasteiger charge is -2.41. The molecule has 1 amide bonds. The van der Waals surface area contributed by atoms with E-state index in [1.165, 1.54) is 6.42 Å². The summed E-state index contributed by atoms with van der Waals surface area (Å²) in [4.78, 5) is 19.7. The minimum absolute atomic E-state index is 0.0210. The van der Waals surface area contributed by atoms with E-state index in [4.69, 9.17) is 13.7 Å². The van der Waals surface area contributed by atoms with Crippen LogP contribution in [0.1, 0.15) is 44.8 Å². The maximum atomic E-state index is 13.4. The van der Waals surface area contributed by atoms with Gasteiger partial charge < -0.3 is 18.6 Å². The Morgan fingerprint density at radius 3 is 2.71 bits per heavy atom. The van der Waals surface area contributed by atoms with Crippen LogP contribution in [0.15, 0.2) is 51.6 Å². The van der Waals surface area contributed by atoms with E-state index < -0.39 is 0 Å². The SMILES string of the molecule is COc1ccc(-c2noc(CC(=O)N(Cc3ccco3)[C@@H]3CCC[C@H](C)[C@H]3C)n2)cc1. The molecular weight excluding hydrogens is 394 g/mol. The number of aromatic nitrogens is 2. The molecule has 1 aliphatic carbocycles. The first-order valence-corrected chi connectivity index (χ1v) is 10.8. The molecule has 0 radical (unpaired) electrons. The molecule has 3 atom stereocenters. The van der Waals surface area contributed by atoms with Gasteiger partial charge in [-0.05, 0) is 54.7 Å². The van der Waals surface area contributed by atoms with E-state index in [0.717, 1.165) is 29.9 Å². The highest BCUT2D eigenvalue weighted by atomic mass is 16.5. The zero-order chi connectivity index (χ0) is 21.8. The summed E-state index contributed by atoms with van der Waals surface area (Å²) in [6.45, 7) is 4.96. The van der Waals surface area contributed by atoms with Crippen molar-refractivity contribution in [1.82, 2.24) is 15.0 Å². The highest BCUT2D eigenvalue weighted by Crippen LogP contribution is 2.34. The van der Waals surface area contributed by atoms with Crippen molar-refractivity contribution in [3.63, 3.8) is 0 Å². The predicted octanol–water partition coefficient (Wildman–Crippen LogP) is 4.73. The molecule has 7 nitrogen and oxygen atoms in total. The number of methoxy groups -OCH3 is 1. The van der Waals surface area contributed by atoms with Crippen LogP contribution in [-0.4, -0.2) is 34.1 Å². The van der Waals surface area contributed by atoms with E-state index in [-0.39, 0.29) is 18.4 Å². The molecule has 1 saturated carbocycles. The molecule has 7 heteroatoms. The van der Waals surface area contributed by atoms with Gasteiger partial charge in [0.2, 0.25) is 17.6 Å². The van der Waals surface area contributed by atoms with Crippen LogP contribution in [0.5, 0.6) is 5.75 Å². The van der Waals surface area contributed by atoms with Gasteiger partial charge in [0.1, 0.15) is 17.9 Å². The van der Waals surface area contributed by atoms with E-state index in [9.17, 15) is 4.79 Å². The number of benzene rings is 1. The Morgan fingerprint density at radius 1 is 1.19 bits per heavy atom. The van der Waals surface area contributed by atoms with Crippen molar-refractivity contribution in [3.8, 4) is 17.1 Å². The number of nitrogens with zero attached hydrogens (tertiary/aromatic N) is 3. The number of carbonyl (C=O) groups excluding carboxylic acids is 1. The number of ether oxygens (including phenoxy) is 1. The molecule has 1 aliphatic rings. The average Bonchev–Trinajstić information content (AvgIpc) is 3.46. The van der Waals surface area contributed by atoms with Gasteiger partial charge in [0.25, 0.3) is 0 Å². The minimum atomic E-state index is -0.0210. The first-order chi connectivity index (χ1) is 15.0. The molecule has 1 aromatic carbocycles. The van der Waals surface area contributed by atoms with Gasteiger partial charge in [-0.25, -0.2) is 0 Å². The monoisotopic (exact) mass is 423 g/mol. The van der Waals surface area contributed by atoms with Gasteiger partial charge in [-0.1, -0.05) is 31.8 Å². The van der Waals surface area contributed by atoms with Crippen molar-refractivity contribution >= 4 is 5.91 Å². The minimum Gasteiger partial charge on any atom is -0.497 e. The van der Waals surface area contributed by atoms with Crippen LogP contribution in [0.4, 0.5) is 0 Å². The molecule has 2 heterocycles. The van der Waals surface area contributed by atoms with Crippen LogP contribution in [0, 0.1) is 11.8 Å². The maximum Gasteiger partial charge on any atom is 0.236 e. The summed E-state index contributed by atoms with van der Waals surface area (Å²) >= 11 is 0. The van der Waals surface area contributed by atoms with Crippen LogP contribution in [0.25, 0.3) is 11.4 Å². The quantitative estimate of drug-likeness (QED) is 0.546. The van der Waals surface area contributed by atoms with Crippen molar-refractivity contribution in [1.29, 1.82) is 0 Å². The zero-order valence-electron chi connectivity index (χ0n) is 18.3. The number of amides is 1. The van der Waals surface area contributed by atoms with Gasteiger partial charge in [-0.2, -0.15) is 4.98 Å². The molecule has 3 aromatic rings. The van der Waals surface area contributed by atoms with Crippen LogP contribution >= 0.6 is 0 Å². The topological polar surface area (TPSA) is 81.6 Å². The van der Waals surface area contributed by atoms with E-state index in [0.29, 0.717) is 30.1 Å². The molecule has 2 aromatic heterocycles. The van der Waals surface area contributed by atoms with E-state index in [1.54, 1.807) is 13.4 Å². The van der Waals surface area contributed by atoms with Crippen LogP contribution in [0.2, 0.25) is 0 Å². The first-order valence-electron chi connectivity index (χ1n) is 10.8. The van der Waals surface area contributed by atoms with Crippen molar-refractivity contribution < 1.29 is 18.5 Å². The lowest BCUT2D eigenvalue weighted by atomic mass is 9.77. The first kappa shape index (κ1) is 21.2. The Morgan fingerprint density at radius 2 is 2.00 bits per heavy atom. The lowest BCUT2D eigenvalue weighted by Crippen LogP contribution is -2.47. The average molecular weight is 424 g/mol. The summed E-state index contributed by atoms with van der Waals surface area (Å²) in [7, 11) is 1.62. The molecule has 0 saturated heterocycles. The van der Waals surface area contributed by atoms with Crippen LogP contribution in [-0.2, 0) is 17.8 Å². The molecule has 31 heavy (non-hydrogen) atoms. The fourth-order valence-electron chi connectivity index (χ4n) is 4.37. The van der Waals surface area contributed by atoms with E-state index in [1.807, 2.05) is 41.3 Å². The second kappa shape index (κ2) is 9.37. The van der Waals surface area contributed by atoms with Crippen LogP contribution in [0.3, 0.4) is 0 Å². The largest absolute Gasteiger partial charge is 0.497 e. The molecular formula is C24H29N3O4. The normalized spacial score (nSPS) is 21.1. The third-order valence-corrected chi connectivity index (χ3v) is 6.41. The van der Waals surface area contributed by atoms with Gasteiger partial charge in [0, 0.05) is 11.6 Å². The molecule has 1 fully saturated rings. The number of hydrogen-bond acceptors (Lipinski definition) is 6. The summed E-state index contributed by atoms with van der Waals surface area (Å²) in [5, 5.41) is 4.05. The molecule has 0 N–H and O–H groups in total. The van der Waals surface area contributed by atoms with Crippen molar-refractivity contribution in [2.24, 2.45) is 11.8 Å². The Labute approximate surface area is 182 Å².